The van der Waals surface area contributed by atoms with Crippen molar-refractivity contribution in [3.8, 4) is 0 Å². The Morgan fingerprint density at radius 1 is 1.21 bits per heavy atom. The van der Waals surface area contributed by atoms with Crippen molar-refractivity contribution in [1.82, 2.24) is 10.2 Å². The second kappa shape index (κ2) is 6.25. The highest BCUT2D eigenvalue weighted by atomic mass is 16.2. The molecule has 1 N–H and O–H groups in total. The summed E-state index contributed by atoms with van der Waals surface area (Å²) in [5, 5.41) is 3.36. The number of nitrogens with one attached hydrogen (secondary N) is 1. The fourth-order valence-corrected chi connectivity index (χ4v) is 4.06. The summed E-state index contributed by atoms with van der Waals surface area (Å²) in [6, 6.07) is 1.13. The Morgan fingerprint density at radius 2 is 1.79 bits per heavy atom. The van der Waals surface area contributed by atoms with Gasteiger partial charge in [0.2, 0.25) is 5.91 Å². The SMILES string of the molecule is CCC1(C(=O)N(C)C2CCC(NC)CC2)CCCC1. The molecule has 0 saturated heterocycles. The third-order valence-electron chi connectivity index (χ3n) is 5.66. The van der Waals surface area contributed by atoms with E-state index in [9.17, 15) is 4.79 Å². The molecule has 0 atom stereocenters. The first-order chi connectivity index (χ1) is 9.13. The van der Waals surface area contributed by atoms with E-state index in [-0.39, 0.29) is 5.41 Å². The highest BCUT2D eigenvalue weighted by molar-refractivity contribution is 5.83. The molecule has 2 aliphatic carbocycles. The molecule has 0 aromatic heterocycles. The van der Waals surface area contributed by atoms with Crippen molar-refractivity contribution < 1.29 is 4.79 Å². The summed E-state index contributed by atoms with van der Waals surface area (Å²) in [5.74, 6) is 0.431. The smallest absolute Gasteiger partial charge is 0.228 e. The zero-order chi connectivity index (χ0) is 13.9. The van der Waals surface area contributed by atoms with Gasteiger partial charge < -0.3 is 10.2 Å². The highest BCUT2D eigenvalue weighted by Crippen LogP contribution is 2.43. The molecule has 3 heteroatoms. The van der Waals surface area contributed by atoms with Gasteiger partial charge in [-0.1, -0.05) is 19.8 Å². The fraction of sp³-hybridized carbons (Fsp3) is 0.938. The average molecular weight is 266 g/mol. The van der Waals surface area contributed by atoms with E-state index in [1.165, 1.54) is 25.7 Å². The normalized spacial score (nSPS) is 30.3. The lowest BCUT2D eigenvalue weighted by Gasteiger charge is -2.39. The summed E-state index contributed by atoms with van der Waals surface area (Å²) in [7, 11) is 4.09. The number of carbonyl (C=O) groups excluding carboxylic acids is 1. The third kappa shape index (κ3) is 2.96. The first kappa shape index (κ1) is 14.8. The first-order valence-corrected chi connectivity index (χ1v) is 8.07. The molecule has 1 amide bonds. The van der Waals surface area contributed by atoms with Gasteiger partial charge in [-0.2, -0.15) is 0 Å². The zero-order valence-electron chi connectivity index (χ0n) is 12.9. The minimum absolute atomic E-state index is 0.0192. The van der Waals surface area contributed by atoms with Crippen LogP contribution in [0.2, 0.25) is 0 Å². The highest BCUT2D eigenvalue weighted by Gasteiger charge is 2.42. The Bertz CT molecular complexity index is 302. The molecule has 19 heavy (non-hydrogen) atoms. The number of nitrogens with zero attached hydrogens (tertiary/aromatic N) is 1. The van der Waals surface area contributed by atoms with Gasteiger partial charge in [-0.05, 0) is 52.0 Å². The van der Waals surface area contributed by atoms with Crippen molar-refractivity contribution in [1.29, 1.82) is 0 Å². The second-order valence-corrected chi connectivity index (χ2v) is 6.55. The Morgan fingerprint density at radius 3 is 2.26 bits per heavy atom. The predicted octanol–water partition coefficient (Wildman–Crippen LogP) is 2.95. The van der Waals surface area contributed by atoms with Crippen LogP contribution in [0.1, 0.15) is 64.7 Å². The van der Waals surface area contributed by atoms with E-state index in [1.807, 2.05) is 14.1 Å². The number of hydrogen-bond acceptors (Lipinski definition) is 2. The minimum atomic E-state index is -0.0192. The summed E-state index contributed by atoms with van der Waals surface area (Å²) in [5.41, 5.74) is -0.0192. The molecule has 2 saturated carbocycles. The standard InChI is InChI=1S/C16H30N2O/c1-4-16(11-5-6-12-16)15(19)18(3)14-9-7-13(17-2)8-10-14/h13-14,17H,4-12H2,1-3H3. The average Bonchev–Trinajstić information content (AvgIpc) is 2.96. The molecule has 0 bridgehead atoms. The number of carbonyl (C=O) groups is 1. The molecule has 2 aliphatic rings. The van der Waals surface area contributed by atoms with Crippen LogP contribution in [-0.4, -0.2) is 37.0 Å². The van der Waals surface area contributed by atoms with Gasteiger partial charge in [0.15, 0.2) is 0 Å². The Labute approximate surface area is 118 Å². The van der Waals surface area contributed by atoms with E-state index in [1.54, 1.807) is 0 Å². The van der Waals surface area contributed by atoms with Crippen LogP contribution in [0.3, 0.4) is 0 Å². The van der Waals surface area contributed by atoms with E-state index < -0.39 is 0 Å². The maximum Gasteiger partial charge on any atom is 0.228 e. The van der Waals surface area contributed by atoms with Crippen molar-refractivity contribution in [2.45, 2.75) is 76.8 Å². The van der Waals surface area contributed by atoms with Gasteiger partial charge in [0.25, 0.3) is 0 Å². The summed E-state index contributed by atoms with van der Waals surface area (Å²) < 4.78 is 0. The molecule has 0 unspecified atom stereocenters. The van der Waals surface area contributed by atoms with Crippen LogP contribution >= 0.6 is 0 Å². The summed E-state index contributed by atoms with van der Waals surface area (Å²) in [6.45, 7) is 2.19. The van der Waals surface area contributed by atoms with E-state index in [0.29, 0.717) is 18.0 Å². The molecule has 0 aliphatic heterocycles. The van der Waals surface area contributed by atoms with Gasteiger partial charge in [-0.3, -0.25) is 4.79 Å². The van der Waals surface area contributed by atoms with Gasteiger partial charge in [0.05, 0.1) is 0 Å². The van der Waals surface area contributed by atoms with Crippen molar-refractivity contribution in [2.75, 3.05) is 14.1 Å². The fourth-order valence-electron chi connectivity index (χ4n) is 4.06. The molecule has 0 aromatic carbocycles. The number of amides is 1. The van der Waals surface area contributed by atoms with Gasteiger partial charge in [-0.25, -0.2) is 0 Å². The van der Waals surface area contributed by atoms with Crippen molar-refractivity contribution >= 4 is 5.91 Å². The van der Waals surface area contributed by atoms with E-state index >= 15 is 0 Å². The molecule has 2 rings (SSSR count). The van der Waals surface area contributed by atoms with Crippen LogP contribution in [0.15, 0.2) is 0 Å². The lowest BCUT2D eigenvalue weighted by atomic mass is 9.80. The van der Waals surface area contributed by atoms with E-state index in [0.717, 1.165) is 32.1 Å². The molecular weight excluding hydrogens is 236 g/mol. The molecule has 2 fully saturated rings. The molecule has 0 aromatic rings. The molecular formula is C16H30N2O. The minimum Gasteiger partial charge on any atom is -0.342 e. The summed E-state index contributed by atoms with van der Waals surface area (Å²) in [4.78, 5) is 15.0. The Kier molecular flexibility index (Phi) is 4.88. The van der Waals surface area contributed by atoms with E-state index in [4.69, 9.17) is 0 Å². The molecule has 110 valence electrons. The quantitative estimate of drug-likeness (QED) is 0.848. The zero-order valence-corrected chi connectivity index (χ0v) is 12.9. The topological polar surface area (TPSA) is 32.3 Å². The van der Waals surface area contributed by atoms with E-state index in [2.05, 4.69) is 17.1 Å². The largest absolute Gasteiger partial charge is 0.342 e. The van der Waals surface area contributed by atoms with Gasteiger partial charge in [0, 0.05) is 24.5 Å². The van der Waals surface area contributed by atoms with Crippen LogP contribution in [0.4, 0.5) is 0 Å². The van der Waals surface area contributed by atoms with Crippen LogP contribution in [0, 0.1) is 5.41 Å². The third-order valence-corrected chi connectivity index (χ3v) is 5.66. The van der Waals surface area contributed by atoms with Crippen molar-refractivity contribution in [3.63, 3.8) is 0 Å². The summed E-state index contributed by atoms with van der Waals surface area (Å²) in [6.07, 6.45) is 10.4. The molecule has 0 heterocycles. The maximum absolute atomic E-state index is 12.9. The predicted molar refractivity (Wildman–Crippen MR) is 79.1 cm³/mol. The Hall–Kier alpha value is -0.570. The van der Waals surface area contributed by atoms with Gasteiger partial charge in [0.1, 0.15) is 0 Å². The lowest BCUT2D eigenvalue weighted by Crippen LogP contribution is -2.48. The molecule has 0 spiro atoms. The van der Waals surface area contributed by atoms with Crippen LogP contribution in [-0.2, 0) is 4.79 Å². The van der Waals surface area contributed by atoms with Crippen molar-refractivity contribution in [3.05, 3.63) is 0 Å². The van der Waals surface area contributed by atoms with Crippen LogP contribution in [0.5, 0.6) is 0 Å². The molecule has 3 nitrogen and oxygen atoms in total. The van der Waals surface area contributed by atoms with Crippen molar-refractivity contribution in [2.24, 2.45) is 5.41 Å². The number of hydrogen-bond donors (Lipinski definition) is 1. The van der Waals surface area contributed by atoms with Gasteiger partial charge >= 0.3 is 0 Å². The van der Waals surface area contributed by atoms with Crippen LogP contribution < -0.4 is 5.32 Å². The first-order valence-electron chi connectivity index (χ1n) is 8.07. The lowest BCUT2D eigenvalue weighted by molar-refractivity contribution is -0.143. The second-order valence-electron chi connectivity index (χ2n) is 6.55. The maximum atomic E-state index is 12.9. The Balaban J connectivity index is 1.95. The van der Waals surface area contributed by atoms with Gasteiger partial charge in [-0.15, -0.1) is 0 Å². The number of rotatable bonds is 4. The molecule has 0 radical (unpaired) electrons. The monoisotopic (exact) mass is 266 g/mol. The van der Waals surface area contributed by atoms with Crippen LogP contribution in [0.25, 0.3) is 0 Å². The summed E-state index contributed by atoms with van der Waals surface area (Å²) >= 11 is 0.